The van der Waals surface area contributed by atoms with E-state index in [1.807, 2.05) is 62.4 Å². The number of nitrogens with zero attached hydrogens (tertiary/aromatic N) is 4. The molecule has 2 aromatic carbocycles. The van der Waals surface area contributed by atoms with E-state index in [4.69, 9.17) is 0 Å². The van der Waals surface area contributed by atoms with Crippen LogP contribution in [0.1, 0.15) is 16.8 Å². The fourth-order valence-corrected chi connectivity index (χ4v) is 2.28. The highest BCUT2D eigenvalue weighted by atomic mass is 15.4. The zero-order valence-corrected chi connectivity index (χ0v) is 11.9. The molecule has 0 aliphatic carbocycles. The first-order valence-electron chi connectivity index (χ1n) is 6.69. The third kappa shape index (κ3) is 2.41. The standard InChI is InChI=1S/C17H14N4/c1-12-6-8-15(9-7-12)21-17(16(11-18)19-20-21)14-5-3-4-13(2)10-14/h3-10H,1-2H3. The van der Waals surface area contributed by atoms with Crippen LogP contribution in [-0.4, -0.2) is 15.0 Å². The van der Waals surface area contributed by atoms with Crippen molar-refractivity contribution in [2.45, 2.75) is 13.8 Å². The van der Waals surface area contributed by atoms with Crippen molar-refractivity contribution < 1.29 is 0 Å². The zero-order chi connectivity index (χ0) is 14.8. The van der Waals surface area contributed by atoms with Gasteiger partial charge in [0.25, 0.3) is 0 Å². The van der Waals surface area contributed by atoms with E-state index in [-0.39, 0.29) is 0 Å². The Morgan fingerprint density at radius 2 is 1.76 bits per heavy atom. The summed E-state index contributed by atoms with van der Waals surface area (Å²) in [4.78, 5) is 0. The molecule has 0 fully saturated rings. The molecule has 3 aromatic rings. The van der Waals surface area contributed by atoms with Gasteiger partial charge in [0.2, 0.25) is 0 Å². The van der Waals surface area contributed by atoms with Gasteiger partial charge in [-0.3, -0.25) is 0 Å². The second kappa shape index (κ2) is 5.22. The highest BCUT2D eigenvalue weighted by Crippen LogP contribution is 2.25. The Bertz CT molecular complexity index is 823. The van der Waals surface area contributed by atoms with Crippen molar-refractivity contribution in [3.8, 4) is 23.0 Å². The molecule has 0 saturated heterocycles. The molecule has 0 radical (unpaired) electrons. The van der Waals surface area contributed by atoms with E-state index in [9.17, 15) is 5.26 Å². The second-order valence-electron chi connectivity index (χ2n) is 5.02. The molecule has 0 N–H and O–H groups in total. The van der Waals surface area contributed by atoms with E-state index < -0.39 is 0 Å². The Hall–Kier alpha value is -2.93. The van der Waals surface area contributed by atoms with Crippen LogP contribution in [0, 0.1) is 25.2 Å². The van der Waals surface area contributed by atoms with Crippen molar-refractivity contribution in [1.82, 2.24) is 15.0 Å². The largest absolute Gasteiger partial charge is 0.211 e. The topological polar surface area (TPSA) is 54.5 Å². The maximum absolute atomic E-state index is 9.29. The average molecular weight is 274 g/mol. The molecule has 4 nitrogen and oxygen atoms in total. The minimum absolute atomic E-state index is 0.334. The van der Waals surface area contributed by atoms with E-state index in [0.717, 1.165) is 22.5 Å². The zero-order valence-electron chi connectivity index (χ0n) is 11.9. The van der Waals surface area contributed by atoms with Gasteiger partial charge in [0.1, 0.15) is 11.8 Å². The van der Waals surface area contributed by atoms with E-state index in [0.29, 0.717) is 5.69 Å². The van der Waals surface area contributed by atoms with Crippen LogP contribution in [0.25, 0.3) is 16.9 Å². The highest BCUT2D eigenvalue weighted by molar-refractivity contribution is 5.67. The van der Waals surface area contributed by atoms with Crippen LogP contribution in [0.3, 0.4) is 0 Å². The molecule has 0 saturated carbocycles. The summed E-state index contributed by atoms with van der Waals surface area (Å²) in [5, 5.41) is 17.4. The van der Waals surface area contributed by atoms with Crippen molar-refractivity contribution in [3.63, 3.8) is 0 Å². The quantitative estimate of drug-likeness (QED) is 0.719. The molecule has 102 valence electrons. The number of hydrogen-bond donors (Lipinski definition) is 0. The van der Waals surface area contributed by atoms with Crippen molar-refractivity contribution in [2.75, 3.05) is 0 Å². The summed E-state index contributed by atoms with van der Waals surface area (Å²) in [7, 11) is 0. The molecule has 1 aromatic heterocycles. The van der Waals surface area contributed by atoms with Crippen LogP contribution in [0.4, 0.5) is 0 Å². The minimum atomic E-state index is 0.334. The fourth-order valence-electron chi connectivity index (χ4n) is 2.28. The Labute approximate surface area is 123 Å². The monoisotopic (exact) mass is 274 g/mol. The SMILES string of the molecule is Cc1ccc(-n2nnc(C#N)c2-c2cccc(C)c2)cc1. The third-order valence-electron chi connectivity index (χ3n) is 3.35. The summed E-state index contributed by atoms with van der Waals surface area (Å²) in [5.41, 5.74) is 5.21. The molecule has 0 aliphatic rings. The summed E-state index contributed by atoms with van der Waals surface area (Å²) in [5.74, 6) is 0. The van der Waals surface area contributed by atoms with Gasteiger partial charge in [-0.1, -0.05) is 46.7 Å². The molecule has 21 heavy (non-hydrogen) atoms. The van der Waals surface area contributed by atoms with Crippen molar-refractivity contribution in [2.24, 2.45) is 0 Å². The van der Waals surface area contributed by atoms with Gasteiger partial charge in [-0.05, 0) is 32.0 Å². The summed E-state index contributed by atoms with van der Waals surface area (Å²) < 4.78 is 1.72. The Kier molecular flexibility index (Phi) is 3.25. The molecule has 3 rings (SSSR count). The third-order valence-corrected chi connectivity index (χ3v) is 3.35. The first-order chi connectivity index (χ1) is 10.2. The Morgan fingerprint density at radius 1 is 1.00 bits per heavy atom. The number of aryl methyl sites for hydroxylation is 2. The molecule has 4 heteroatoms. The second-order valence-corrected chi connectivity index (χ2v) is 5.02. The van der Waals surface area contributed by atoms with E-state index >= 15 is 0 Å². The highest BCUT2D eigenvalue weighted by Gasteiger charge is 2.16. The van der Waals surface area contributed by atoms with Gasteiger partial charge < -0.3 is 0 Å². The van der Waals surface area contributed by atoms with Crippen LogP contribution in [-0.2, 0) is 0 Å². The van der Waals surface area contributed by atoms with Gasteiger partial charge >= 0.3 is 0 Å². The fraction of sp³-hybridized carbons (Fsp3) is 0.118. The molecule has 1 heterocycles. The van der Waals surface area contributed by atoms with Crippen LogP contribution >= 0.6 is 0 Å². The predicted octanol–water partition coefficient (Wildman–Crippen LogP) is 3.42. The Balaban J connectivity index is 2.22. The number of hydrogen-bond acceptors (Lipinski definition) is 3. The first-order valence-corrected chi connectivity index (χ1v) is 6.69. The van der Waals surface area contributed by atoms with Gasteiger partial charge in [-0.2, -0.15) is 5.26 Å². The van der Waals surface area contributed by atoms with Gasteiger partial charge in [0, 0.05) is 5.56 Å². The minimum Gasteiger partial charge on any atom is -0.211 e. The van der Waals surface area contributed by atoms with E-state index in [1.165, 1.54) is 5.56 Å². The van der Waals surface area contributed by atoms with Crippen LogP contribution in [0.2, 0.25) is 0 Å². The number of benzene rings is 2. The first kappa shape index (κ1) is 13.1. The summed E-state index contributed by atoms with van der Waals surface area (Å²) in [6, 6.07) is 18.1. The lowest BCUT2D eigenvalue weighted by atomic mass is 10.1. The molecule has 0 bridgehead atoms. The maximum atomic E-state index is 9.29. The van der Waals surface area contributed by atoms with Crippen LogP contribution in [0.5, 0.6) is 0 Å². The predicted molar refractivity (Wildman–Crippen MR) is 81.0 cm³/mol. The van der Waals surface area contributed by atoms with Gasteiger partial charge in [-0.25, -0.2) is 4.68 Å². The normalized spacial score (nSPS) is 10.3. The van der Waals surface area contributed by atoms with Crippen molar-refractivity contribution in [3.05, 3.63) is 65.4 Å². The van der Waals surface area contributed by atoms with Gasteiger partial charge in [0.05, 0.1) is 5.69 Å². The van der Waals surface area contributed by atoms with Crippen molar-refractivity contribution >= 4 is 0 Å². The van der Waals surface area contributed by atoms with E-state index in [2.05, 4.69) is 16.4 Å². The molecule has 0 atom stereocenters. The lowest BCUT2D eigenvalue weighted by molar-refractivity contribution is 0.806. The summed E-state index contributed by atoms with van der Waals surface area (Å²) in [6.45, 7) is 4.06. The molecular weight excluding hydrogens is 260 g/mol. The summed E-state index contributed by atoms with van der Waals surface area (Å²) in [6.07, 6.45) is 0. The number of rotatable bonds is 2. The average Bonchev–Trinajstić information content (AvgIpc) is 2.92. The smallest absolute Gasteiger partial charge is 0.191 e. The molecule has 0 aliphatic heterocycles. The lowest BCUT2D eigenvalue weighted by Gasteiger charge is -2.07. The Morgan fingerprint density at radius 3 is 2.43 bits per heavy atom. The maximum Gasteiger partial charge on any atom is 0.191 e. The molecule has 0 unspecified atom stereocenters. The molecule has 0 spiro atoms. The summed E-state index contributed by atoms with van der Waals surface area (Å²) >= 11 is 0. The van der Waals surface area contributed by atoms with Gasteiger partial charge in [0.15, 0.2) is 5.69 Å². The molecular formula is C17H14N4. The van der Waals surface area contributed by atoms with Crippen LogP contribution < -0.4 is 0 Å². The molecule has 0 amide bonds. The van der Waals surface area contributed by atoms with E-state index in [1.54, 1.807) is 4.68 Å². The number of aromatic nitrogens is 3. The lowest BCUT2D eigenvalue weighted by Crippen LogP contribution is -2.00. The van der Waals surface area contributed by atoms with Gasteiger partial charge in [-0.15, -0.1) is 5.10 Å². The number of nitriles is 1. The van der Waals surface area contributed by atoms with Crippen LogP contribution in [0.15, 0.2) is 48.5 Å². The van der Waals surface area contributed by atoms with Crippen molar-refractivity contribution in [1.29, 1.82) is 5.26 Å².